The van der Waals surface area contributed by atoms with Gasteiger partial charge < -0.3 is 10.1 Å². The summed E-state index contributed by atoms with van der Waals surface area (Å²) >= 11 is 5.77. The number of rotatable bonds is 5. The second-order valence-corrected chi connectivity index (χ2v) is 5.95. The van der Waals surface area contributed by atoms with Crippen LogP contribution in [0.15, 0.2) is 42.9 Å². The van der Waals surface area contributed by atoms with E-state index in [9.17, 15) is 9.59 Å². The molecule has 2 aromatic rings. The van der Waals surface area contributed by atoms with Crippen LogP contribution in [0.1, 0.15) is 34.7 Å². The van der Waals surface area contributed by atoms with Gasteiger partial charge in [0.1, 0.15) is 12.3 Å². The predicted octanol–water partition coefficient (Wildman–Crippen LogP) is 2.50. The number of carbonyl (C=O) groups is 2. The molecule has 23 heavy (non-hydrogen) atoms. The van der Waals surface area contributed by atoms with E-state index in [-0.39, 0.29) is 18.2 Å². The van der Waals surface area contributed by atoms with Crippen LogP contribution in [0.3, 0.4) is 0 Å². The Morgan fingerprint density at radius 1 is 1.22 bits per heavy atom. The van der Waals surface area contributed by atoms with Gasteiger partial charge in [-0.15, -0.1) is 0 Å². The van der Waals surface area contributed by atoms with Crippen LogP contribution in [-0.2, 0) is 4.74 Å². The number of aromatic nitrogens is 2. The molecule has 0 atom stereocenters. The molecule has 0 spiro atoms. The molecule has 0 aliphatic carbocycles. The molecule has 0 saturated heterocycles. The van der Waals surface area contributed by atoms with Crippen molar-refractivity contribution in [3.8, 4) is 0 Å². The van der Waals surface area contributed by atoms with E-state index in [0.717, 1.165) is 0 Å². The molecule has 1 aromatic carbocycles. The van der Waals surface area contributed by atoms with Gasteiger partial charge in [0, 0.05) is 17.4 Å². The molecule has 0 unspecified atom stereocenters. The number of amides is 1. The SMILES string of the molecule is CC(C)(COC(=O)c1ccc(Cl)cc1)NC(=O)c1cnccn1. The van der Waals surface area contributed by atoms with Crippen molar-refractivity contribution < 1.29 is 14.3 Å². The normalized spacial score (nSPS) is 10.9. The zero-order valence-corrected chi connectivity index (χ0v) is 13.5. The number of ether oxygens (including phenoxy) is 1. The summed E-state index contributed by atoms with van der Waals surface area (Å²) in [4.78, 5) is 31.8. The number of hydrogen-bond acceptors (Lipinski definition) is 5. The molecule has 1 amide bonds. The second kappa shape index (κ2) is 7.19. The average molecular weight is 334 g/mol. The lowest BCUT2D eigenvalue weighted by Gasteiger charge is -2.25. The maximum atomic E-state index is 12.0. The molecule has 1 aromatic heterocycles. The van der Waals surface area contributed by atoms with E-state index in [4.69, 9.17) is 16.3 Å². The van der Waals surface area contributed by atoms with E-state index in [0.29, 0.717) is 10.6 Å². The van der Waals surface area contributed by atoms with Gasteiger partial charge in [-0.1, -0.05) is 11.6 Å². The fourth-order valence-corrected chi connectivity index (χ4v) is 1.87. The quantitative estimate of drug-likeness (QED) is 0.850. The van der Waals surface area contributed by atoms with Gasteiger partial charge in [-0.2, -0.15) is 0 Å². The largest absolute Gasteiger partial charge is 0.460 e. The summed E-state index contributed by atoms with van der Waals surface area (Å²) in [6, 6.07) is 6.38. The first kappa shape index (κ1) is 16.9. The third-order valence-corrected chi connectivity index (χ3v) is 3.14. The van der Waals surface area contributed by atoms with E-state index in [1.54, 1.807) is 38.1 Å². The van der Waals surface area contributed by atoms with Crippen molar-refractivity contribution in [2.24, 2.45) is 0 Å². The monoisotopic (exact) mass is 333 g/mol. The summed E-state index contributed by atoms with van der Waals surface area (Å²) in [5.74, 6) is -0.867. The molecule has 0 saturated carbocycles. The summed E-state index contributed by atoms with van der Waals surface area (Å²) in [6.45, 7) is 3.51. The summed E-state index contributed by atoms with van der Waals surface area (Å²) in [5, 5.41) is 3.29. The molecule has 120 valence electrons. The molecular weight excluding hydrogens is 318 g/mol. The highest BCUT2D eigenvalue weighted by Gasteiger charge is 2.24. The number of halogens is 1. The van der Waals surface area contributed by atoms with Crippen LogP contribution < -0.4 is 5.32 Å². The predicted molar refractivity (Wildman–Crippen MR) is 85.3 cm³/mol. The average Bonchev–Trinajstić information content (AvgIpc) is 2.54. The van der Waals surface area contributed by atoms with E-state index >= 15 is 0 Å². The number of benzene rings is 1. The highest BCUT2D eigenvalue weighted by atomic mass is 35.5. The topological polar surface area (TPSA) is 81.2 Å². The van der Waals surface area contributed by atoms with Crippen LogP contribution in [-0.4, -0.2) is 34.0 Å². The van der Waals surface area contributed by atoms with Gasteiger partial charge in [0.15, 0.2) is 0 Å². The Morgan fingerprint density at radius 3 is 2.52 bits per heavy atom. The van der Waals surface area contributed by atoms with Crippen molar-refractivity contribution in [3.63, 3.8) is 0 Å². The number of nitrogens with one attached hydrogen (secondary N) is 1. The second-order valence-electron chi connectivity index (χ2n) is 5.51. The summed E-state index contributed by atoms with van der Waals surface area (Å²) in [5.41, 5.74) is -0.161. The van der Waals surface area contributed by atoms with Crippen molar-refractivity contribution in [1.82, 2.24) is 15.3 Å². The first-order chi connectivity index (χ1) is 10.9. The molecule has 0 aliphatic heterocycles. The Balaban J connectivity index is 1.92. The van der Waals surface area contributed by atoms with Crippen molar-refractivity contribution in [2.75, 3.05) is 6.61 Å². The van der Waals surface area contributed by atoms with Gasteiger partial charge in [0.25, 0.3) is 5.91 Å². The lowest BCUT2D eigenvalue weighted by atomic mass is 10.1. The molecule has 1 N–H and O–H groups in total. The van der Waals surface area contributed by atoms with Crippen molar-refractivity contribution in [1.29, 1.82) is 0 Å². The lowest BCUT2D eigenvalue weighted by molar-refractivity contribution is 0.0389. The van der Waals surface area contributed by atoms with Crippen molar-refractivity contribution >= 4 is 23.5 Å². The lowest BCUT2D eigenvalue weighted by Crippen LogP contribution is -2.47. The van der Waals surface area contributed by atoms with Gasteiger partial charge in [-0.05, 0) is 38.1 Å². The minimum Gasteiger partial charge on any atom is -0.460 e. The maximum Gasteiger partial charge on any atom is 0.338 e. The standard InChI is InChI=1S/C16H16ClN3O3/c1-16(2,20-14(21)13-9-18-7-8-19-13)10-23-15(22)11-3-5-12(17)6-4-11/h3-9H,10H2,1-2H3,(H,20,21). The highest BCUT2D eigenvalue weighted by Crippen LogP contribution is 2.12. The smallest absolute Gasteiger partial charge is 0.338 e. The third-order valence-electron chi connectivity index (χ3n) is 2.89. The van der Waals surface area contributed by atoms with Crippen molar-refractivity contribution in [2.45, 2.75) is 19.4 Å². The van der Waals surface area contributed by atoms with Gasteiger partial charge in [-0.3, -0.25) is 9.78 Å². The minimum atomic E-state index is -0.753. The van der Waals surface area contributed by atoms with E-state index in [1.165, 1.54) is 18.6 Å². The molecule has 0 bridgehead atoms. The molecular formula is C16H16ClN3O3. The van der Waals surface area contributed by atoms with Gasteiger partial charge in [0.2, 0.25) is 0 Å². The number of esters is 1. The number of hydrogen-bond donors (Lipinski definition) is 1. The molecule has 6 nitrogen and oxygen atoms in total. The zero-order chi connectivity index (χ0) is 16.9. The Labute approximate surface area is 138 Å². The van der Waals surface area contributed by atoms with E-state index in [1.807, 2.05) is 0 Å². The summed E-state index contributed by atoms with van der Waals surface area (Å²) in [7, 11) is 0. The van der Waals surface area contributed by atoms with Gasteiger partial charge in [0.05, 0.1) is 17.3 Å². The third kappa shape index (κ3) is 5.03. The fourth-order valence-electron chi connectivity index (χ4n) is 1.74. The summed E-state index contributed by atoms with van der Waals surface area (Å²) < 4.78 is 5.24. The fraction of sp³-hybridized carbons (Fsp3) is 0.250. The van der Waals surface area contributed by atoms with E-state index < -0.39 is 11.5 Å². The maximum absolute atomic E-state index is 12.0. The Kier molecular flexibility index (Phi) is 5.28. The Hall–Kier alpha value is -2.47. The minimum absolute atomic E-state index is 0.0143. The van der Waals surface area contributed by atoms with Crippen LogP contribution in [0.25, 0.3) is 0 Å². The Bertz CT molecular complexity index is 687. The first-order valence-electron chi connectivity index (χ1n) is 6.89. The van der Waals surface area contributed by atoms with Crippen LogP contribution in [0.5, 0.6) is 0 Å². The van der Waals surface area contributed by atoms with E-state index in [2.05, 4.69) is 15.3 Å². The molecule has 7 heteroatoms. The molecule has 1 heterocycles. The van der Waals surface area contributed by atoms with Crippen LogP contribution >= 0.6 is 11.6 Å². The summed E-state index contributed by atoms with van der Waals surface area (Å²) in [6.07, 6.45) is 4.28. The van der Waals surface area contributed by atoms with Gasteiger partial charge >= 0.3 is 5.97 Å². The van der Waals surface area contributed by atoms with Crippen molar-refractivity contribution in [3.05, 3.63) is 59.1 Å². The molecule has 0 radical (unpaired) electrons. The first-order valence-corrected chi connectivity index (χ1v) is 7.26. The van der Waals surface area contributed by atoms with Crippen LogP contribution in [0.4, 0.5) is 0 Å². The van der Waals surface area contributed by atoms with Crippen LogP contribution in [0, 0.1) is 0 Å². The molecule has 0 fully saturated rings. The Morgan fingerprint density at radius 2 is 1.91 bits per heavy atom. The zero-order valence-electron chi connectivity index (χ0n) is 12.7. The number of carbonyl (C=O) groups excluding carboxylic acids is 2. The molecule has 0 aliphatic rings. The molecule has 2 rings (SSSR count). The highest BCUT2D eigenvalue weighted by molar-refractivity contribution is 6.30. The van der Waals surface area contributed by atoms with Gasteiger partial charge in [-0.25, -0.2) is 9.78 Å². The number of nitrogens with zero attached hydrogens (tertiary/aromatic N) is 2. The van der Waals surface area contributed by atoms with Crippen LogP contribution in [0.2, 0.25) is 5.02 Å².